The molecule has 1 N–H and O–H groups in total. The first kappa shape index (κ1) is 11.9. The second kappa shape index (κ2) is 3.75. The van der Waals surface area contributed by atoms with Gasteiger partial charge in [-0.15, -0.1) is 0 Å². The fraction of sp³-hybridized carbons (Fsp3) is 1.00. The zero-order valence-corrected chi connectivity index (χ0v) is 8.98. The molecule has 74 valence electrons. The average molecular weight is 194 g/mol. The molecule has 0 aromatic heterocycles. The van der Waals surface area contributed by atoms with Crippen LogP contribution in [0.4, 0.5) is 0 Å². The van der Waals surface area contributed by atoms with E-state index < -0.39 is 14.9 Å². The van der Waals surface area contributed by atoms with Crippen molar-refractivity contribution in [2.24, 2.45) is 5.92 Å². The van der Waals surface area contributed by atoms with Crippen molar-refractivity contribution in [2.75, 3.05) is 0 Å². The van der Waals surface area contributed by atoms with E-state index in [2.05, 4.69) is 0 Å². The summed E-state index contributed by atoms with van der Waals surface area (Å²) < 4.78 is 29.9. The highest BCUT2D eigenvalue weighted by atomic mass is 32.2. The Kier molecular flexibility index (Phi) is 3.72. The molecule has 12 heavy (non-hydrogen) atoms. The van der Waals surface area contributed by atoms with E-state index in [9.17, 15) is 8.42 Å². The van der Waals surface area contributed by atoms with Crippen LogP contribution >= 0.6 is 0 Å². The molecular weight excluding hydrogens is 176 g/mol. The predicted octanol–water partition coefficient (Wildman–Crippen LogP) is 2.09. The minimum Gasteiger partial charge on any atom is -0.285 e. The SMILES string of the molecule is CCC(C)(CC(C)C)S(=O)(=O)O. The Hall–Kier alpha value is -0.0900. The van der Waals surface area contributed by atoms with Gasteiger partial charge >= 0.3 is 0 Å². The summed E-state index contributed by atoms with van der Waals surface area (Å²) in [7, 11) is -3.91. The number of hydrogen-bond acceptors (Lipinski definition) is 2. The lowest BCUT2D eigenvalue weighted by Crippen LogP contribution is -2.35. The van der Waals surface area contributed by atoms with E-state index in [1.54, 1.807) is 13.8 Å². The third-order valence-corrected chi connectivity index (χ3v) is 3.91. The van der Waals surface area contributed by atoms with Crippen molar-refractivity contribution in [1.82, 2.24) is 0 Å². The summed E-state index contributed by atoms with van der Waals surface area (Å²) in [6, 6.07) is 0. The first-order chi connectivity index (χ1) is 5.23. The second-order valence-corrected chi connectivity index (χ2v) is 5.81. The zero-order chi connectivity index (χ0) is 9.99. The number of hydrogen-bond donors (Lipinski definition) is 1. The summed E-state index contributed by atoms with van der Waals surface area (Å²) >= 11 is 0. The Bertz CT molecular complexity index is 231. The van der Waals surface area contributed by atoms with Crippen LogP contribution in [0, 0.1) is 5.92 Å². The molecule has 0 spiro atoms. The standard InChI is InChI=1S/C8H18O3S/c1-5-8(4,6-7(2)3)12(9,10)11/h7H,5-6H2,1-4H3,(H,9,10,11). The van der Waals surface area contributed by atoms with Gasteiger partial charge in [0.1, 0.15) is 0 Å². The van der Waals surface area contributed by atoms with Crippen LogP contribution in [-0.2, 0) is 10.1 Å². The van der Waals surface area contributed by atoms with E-state index in [0.29, 0.717) is 12.8 Å². The van der Waals surface area contributed by atoms with E-state index in [4.69, 9.17) is 4.55 Å². The first-order valence-electron chi connectivity index (χ1n) is 4.20. The minimum atomic E-state index is -3.91. The molecule has 0 rings (SSSR count). The Morgan fingerprint density at radius 3 is 1.92 bits per heavy atom. The van der Waals surface area contributed by atoms with Crippen LogP contribution in [-0.4, -0.2) is 17.7 Å². The van der Waals surface area contributed by atoms with Crippen LogP contribution in [0.2, 0.25) is 0 Å². The van der Waals surface area contributed by atoms with Gasteiger partial charge in [0.15, 0.2) is 0 Å². The molecule has 0 aliphatic rings. The van der Waals surface area contributed by atoms with E-state index in [1.807, 2.05) is 13.8 Å². The highest BCUT2D eigenvalue weighted by molar-refractivity contribution is 7.87. The molecule has 0 aromatic carbocycles. The van der Waals surface area contributed by atoms with Crippen molar-refractivity contribution in [1.29, 1.82) is 0 Å². The summed E-state index contributed by atoms with van der Waals surface area (Å²) in [6.07, 6.45) is 0.951. The third-order valence-electron chi connectivity index (χ3n) is 2.21. The molecule has 0 bridgehead atoms. The Balaban J connectivity index is 4.70. The Morgan fingerprint density at radius 2 is 1.83 bits per heavy atom. The lowest BCUT2D eigenvalue weighted by atomic mass is 9.96. The van der Waals surface area contributed by atoms with Gasteiger partial charge < -0.3 is 0 Å². The van der Waals surface area contributed by atoms with E-state index in [0.717, 1.165) is 0 Å². The van der Waals surface area contributed by atoms with Gasteiger partial charge in [-0.2, -0.15) is 8.42 Å². The largest absolute Gasteiger partial charge is 0.285 e. The third kappa shape index (κ3) is 2.75. The average Bonchev–Trinajstić information content (AvgIpc) is 1.83. The quantitative estimate of drug-likeness (QED) is 0.697. The summed E-state index contributed by atoms with van der Waals surface area (Å²) in [5, 5.41) is 0. The van der Waals surface area contributed by atoms with Crippen molar-refractivity contribution < 1.29 is 13.0 Å². The first-order valence-corrected chi connectivity index (χ1v) is 5.64. The molecule has 0 saturated heterocycles. The summed E-state index contributed by atoms with van der Waals surface area (Å²) in [5.74, 6) is 0.275. The van der Waals surface area contributed by atoms with Crippen LogP contribution in [0.25, 0.3) is 0 Å². The predicted molar refractivity (Wildman–Crippen MR) is 49.7 cm³/mol. The lowest BCUT2D eigenvalue weighted by Gasteiger charge is -2.26. The summed E-state index contributed by atoms with van der Waals surface area (Å²) in [5.41, 5.74) is 0. The van der Waals surface area contributed by atoms with Gasteiger partial charge in [0.05, 0.1) is 4.75 Å². The van der Waals surface area contributed by atoms with Crippen molar-refractivity contribution in [2.45, 2.75) is 45.3 Å². The van der Waals surface area contributed by atoms with Crippen molar-refractivity contribution in [3.63, 3.8) is 0 Å². The topological polar surface area (TPSA) is 54.4 Å². The minimum absolute atomic E-state index is 0.275. The van der Waals surface area contributed by atoms with Crippen LogP contribution in [0.15, 0.2) is 0 Å². The molecule has 0 saturated carbocycles. The molecule has 1 unspecified atom stereocenters. The van der Waals surface area contributed by atoms with Gasteiger partial charge in [-0.05, 0) is 25.7 Å². The summed E-state index contributed by atoms with van der Waals surface area (Å²) in [4.78, 5) is 0. The van der Waals surface area contributed by atoms with Crippen LogP contribution in [0.1, 0.15) is 40.5 Å². The molecule has 0 aliphatic carbocycles. The molecular formula is C8H18O3S. The van der Waals surface area contributed by atoms with Gasteiger partial charge in [0.2, 0.25) is 0 Å². The van der Waals surface area contributed by atoms with E-state index in [1.165, 1.54) is 0 Å². The van der Waals surface area contributed by atoms with Gasteiger partial charge in [-0.3, -0.25) is 4.55 Å². The Labute approximate surface area is 74.9 Å². The fourth-order valence-corrected chi connectivity index (χ4v) is 2.20. The van der Waals surface area contributed by atoms with Gasteiger partial charge in [0, 0.05) is 0 Å². The van der Waals surface area contributed by atoms with Crippen molar-refractivity contribution in [3.8, 4) is 0 Å². The molecule has 0 aliphatic heterocycles. The molecule has 0 fully saturated rings. The smallest absolute Gasteiger partial charge is 0.270 e. The second-order valence-electron chi connectivity index (χ2n) is 3.88. The van der Waals surface area contributed by atoms with Gasteiger partial charge in [-0.25, -0.2) is 0 Å². The normalized spacial score (nSPS) is 17.8. The van der Waals surface area contributed by atoms with Crippen LogP contribution in [0.3, 0.4) is 0 Å². The molecule has 0 aromatic rings. The number of rotatable bonds is 4. The maximum atomic E-state index is 11.0. The maximum absolute atomic E-state index is 11.0. The van der Waals surface area contributed by atoms with Gasteiger partial charge in [-0.1, -0.05) is 20.8 Å². The van der Waals surface area contributed by atoms with Crippen molar-refractivity contribution >= 4 is 10.1 Å². The van der Waals surface area contributed by atoms with Crippen LogP contribution < -0.4 is 0 Å². The molecule has 0 heterocycles. The zero-order valence-electron chi connectivity index (χ0n) is 8.16. The monoisotopic (exact) mass is 194 g/mol. The fourth-order valence-electron chi connectivity index (χ4n) is 1.30. The molecule has 3 nitrogen and oxygen atoms in total. The molecule has 0 amide bonds. The molecule has 4 heteroatoms. The highest BCUT2D eigenvalue weighted by Crippen LogP contribution is 2.27. The van der Waals surface area contributed by atoms with E-state index >= 15 is 0 Å². The Morgan fingerprint density at radius 1 is 1.42 bits per heavy atom. The van der Waals surface area contributed by atoms with Crippen molar-refractivity contribution in [3.05, 3.63) is 0 Å². The van der Waals surface area contributed by atoms with Crippen LogP contribution in [0.5, 0.6) is 0 Å². The highest BCUT2D eigenvalue weighted by Gasteiger charge is 2.36. The maximum Gasteiger partial charge on any atom is 0.270 e. The molecule has 0 radical (unpaired) electrons. The lowest BCUT2D eigenvalue weighted by molar-refractivity contribution is 0.382. The molecule has 1 atom stereocenters. The van der Waals surface area contributed by atoms with E-state index in [-0.39, 0.29) is 5.92 Å². The van der Waals surface area contributed by atoms with Gasteiger partial charge in [0.25, 0.3) is 10.1 Å². The summed E-state index contributed by atoms with van der Waals surface area (Å²) in [6.45, 7) is 7.25.